The molecule has 1 aliphatic heterocycles. The molecule has 0 aliphatic carbocycles. The van der Waals surface area contributed by atoms with Gasteiger partial charge in [-0.15, -0.1) is 0 Å². The lowest BCUT2D eigenvalue weighted by Crippen LogP contribution is -2.34. The third-order valence-electron chi connectivity index (χ3n) is 3.98. The lowest BCUT2D eigenvalue weighted by Gasteiger charge is -2.30. The van der Waals surface area contributed by atoms with Gasteiger partial charge in [-0.2, -0.15) is 0 Å². The number of benzene rings is 1. The van der Waals surface area contributed by atoms with E-state index in [0.717, 1.165) is 51.3 Å². The van der Waals surface area contributed by atoms with Crippen LogP contribution in [0.4, 0.5) is 4.39 Å². The molecule has 2 heterocycles. The number of hydrogen-bond acceptors (Lipinski definition) is 4. The number of hydrogen-bond donors (Lipinski definition) is 1. The summed E-state index contributed by atoms with van der Waals surface area (Å²) in [6, 6.07) is 4.49. The largest absolute Gasteiger partial charge is 0.440 e. The molecule has 0 spiro atoms. The average molecular weight is 277 g/mol. The van der Waals surface area contributed by atoms with Gasteiger partial charge >= 0.3 is 0 Å². The van der Waals surface area contributed by atoms with Crippen LogP contribution in [0.2, 0.25) is 0 Å². The molecule has 2 N–H and O–H groups in total. The number of aromatic nitrogens is 1. The molecular weight excluding hydrogens is 257 g/mol. The van der Waals surface area contributed by atoms with Gasteiger partial charge in [-0.05, 0) is 57.6 Å². The van der Waals surface area contributed by atoms with E-state index >= 15 is 0 Å². The SMILES string of the molecule is NCCCN1CCC(c2nc3cc(F)ccc3o2)CC1. The molecule has 0 amide bonds. The lowest BCUT2D eigenvalue weighted by atomic mass is 9.97. The van der Waals surface area contributed by atoms with Gasteiger partial charge in [0.1, 0.15) is 11.3 Å². The van der Waals surface area contributed by atoms with Crippen LogP contribution in [0, 0.1) is 5.82 Å². The normalized spacial score (nSPS) is 17.9. The van der Waals surface area contributed by atoms with E-state index in [2.05, 4.69) is 9.88 Å². The first-order valence-corrected chi connectivity index (χ1v) is 7.24. The van der Waals surface area contributed by atoms with Crippen molar-refractivity contribution in [3.8, 4) is 0 Å². The minimum absolute atomic E-state index is 0.269. The maximum absolute atomic E-state index is 13.2. The molecule has 108 valence electrons. The van der Waals surface area contributed by atoms with Crippen molar-refractivity contribution in [2.24, 2.45) is 5.73 Å². The van der Waals surface area contributed by atoms with E-state index in [-0.39, 0.29) is 5.82 Å². The molecule has 3 rings (SSSR count). The second kappa shape index (κ2) is 5.89. The van der Waals surface area contributed by atoms with Gasteiger partial charge in [-0.1, -0.05) is 0 Å². The van der Waals surface area contributed by atoms with Crippen LogP contribution in [0.25, 0.3) is 11.1 Å². The Labute approximate surface area is 117 Å². The number of piperidine rings is 1. The number of rotatable bonds is 4. The van der Waals surface area contributed by atoms with Crippen LogP contribution in [0.5, 0.6) is 0 Å². The molecule has 1 aromatic carbocycles. The highest BCUT2D eigenvalue weighted by Crippen LogP contribution is 2.30. The quantitative estimate of drug-likeness (QED) is 0.933. The lowest BCUT2D eigenvalue weighted by molar-refractivity contribution is 0.200. The number of halogens is 1. The van der Waals surface area contributed by atoms with Crippen molar-refractivity contribution < 1.29 is 8.81 Å². The zero-order valence-corrected chi connectivity index (χ0v) is 11.5. The summed E-state index contributed by atoms with van der Waals surface area (Å²) in [5, 5.41) is 0. The predicted molar refractivity (Wildman–Crippen MR) is 76.1 cm³/mol. The summed E-state index contributed by atoms with van der Waals surface area (Å²) in [6.07, 6.45) is 3.13. The van der Waals surface area contributed by atoms with Crippen LogP contribution in [0.1, 0.15) is 31.1 Å². The van der Waals surface area contributed by atoms with Gasteiger partial charge in [0.15, 0.2) is 11.5 Å². The standard InChI is InChI=1S/C15H20FN3O/c16-12-2-3-14-13(10-12)18-15(20-14)11-4-8-19(9-5-11)7-1-6-17/h2-3,10-11H,1,4-9,17H2. The van der Waals surface area contributed by atoms with Gasteiger partial charge in [0, 0.05) is 12.0 Å². The highest BCUT2D eigenvalue weighted by molar-refractivity contribution is 5.72. The van der Waals surface area contributed by atoms with Gasteiger partial charge in [-0.25, -0.2) is 9.37 Å². The number of fused-ring (bicyclic) bond motifs is 1. The molecule has 2 aromatic rings. The number of nitrogens with two attached hydrogens (primary N) is 1. The summed E-state index contributed by atoms with van der Waals surface area (Å²) in [4.78, 5) is 6.88. The van der Waals surface area contributed by atoms with Gasteiger partial charge in [0.2, 0.25) is 0 Å². The smallest absolute Gasteiger partial charge is 0.198 e. The molecule has 20 heavy (non-hydrogen) atoms. The maximum Gasteiger partial charge on any atom is 0.198 e. The Morgan fingerprint density at radius 3 is 2.90 bits per heavy atom. The third-order valence-corrected chi connectivity index (χ3v) is 3.98. The fraction of sp³-hybridized carbons (Fsp3) is 0.533. The molecule has 0 radical (unpaired) electrons. The Bertz CT molecular complexity index is 576. The van der Waals surface area contributed by atoms with Gasteiger partial charge < -0.3 is 15.1 Å². The van der Waals surface area contributed by atoms with E-state index in [1.807, 2.05) is 0 Å². The summed E-state index contributed by atoms with van der Waals surface area (Å²) in [5.74, 6) is 0.831. The van der Waals surface area contributed by atoms with Gasteiger partial charge in [-0.3, -0.25) is 0 Å². The van der Waals surface area contributed by atoms with Crippen molar-refractivity contribution in [1.29, 1.82) is 0 Å². The number of likely N-dealkylation sites (tertiary alicyclic amines) is 1. The molecule has 4 nitrogen and oxygen atoms in total. The topological polar surface area (TPSA) is 55.3 Å². The molecule has 1 aliphatic rings. The Hall–Kier alpha value is -1.46. The Morgan fingerprint density at radius 2 is 2.15 bits per heavy atom. The highest BCUT2D eigenvalue weighted by Gasteiger charge is 2.24. The summed E-state index contributed by atoms with van der Waals surface area (Å²) in [7, 11) is 0. The summed E-state index contributed by atoms with van der Waals surface area (Å²) < 4.78 is 18.9. The fourth-order valence-electron chi connectivity index (χ4n) is 2.81. The fourth-order valence-corrected chi connectivity index (χ4v) is 2.81. The van der Waals surface area contributed by atoms with Crippen molar-refractivity contribution in [1.82, 2.24) is 9.88 Å². The van der Waals surface area contributed by atoms with Crippen molar-refractivity contribution >= 4 is 11.1 Å². The minimum atomic E-state index is -0.269. The van der Waals surface area contributed by atoms with Crippen LogP contribution >= 0.6 is 0 Å². The molecule has 0 unspecified atom stereocenters. The van der Waals surface area contributed by atoms with Gasteiger partial charge in [0.05, 0.1) is 0 Å². The molecule has 1 saturated heterocycles. The van der Waals surface area contributed by atoms with Crippen LogP contribution in [0.15, 0.2) is 22.6 Å². The van der Waals surface area contributed by atoms with Crippen LogP contribution in [0.3, 0.4) is 0 Å². The Kier molecular flexibility index (Phi) is 3.98. The van der Waals surface area contributed by atoms with Crippen molar-refractivity contribution in [3.63, 3.8) is 0 Å². The third kappa shape index (κ3) is 2.83. The first-order chi connectivity index (χ1) is 9.76. The molecule has 0 saturated carbocycles. The molecular formula is C15H20FN3O. The van der Waals surface area contributed by atoms with E-state index in [1.165, 1.54) is 12.1 Å². The van der Waals surface area contributed by atoms with E-state index in [0.29, 0.717) is 17.0 Å². The highest BCUT2D eigenvalue weighted by atomic mass is 19.1. The average Bonchev–Trinajstić information content (AvgIpc) is 2.88. The van der Waals surface area contributed by atoms with E-state index in [4.69, 9.17) is 10.2 Å². The monoisotopic (exact) mass is 277 g/mol. The second-order valence-electron chi connectivity index (χ2n) is 5.42. The second-order valence-corrected chi connectivity index (χ2v) is 5.42. The summed E-state index contributed by atoms with van der Waals surface area (Å²) in [6.45, 7) is 3.92. The molecule has 5 heteroatoms. The predicted octanol–water partition coefficient (Wildman–Crippen LogP) is 2.50. The van der Waals surface area contributed by atoms with Crippen molar-refractivity contribution in [2.75, 3.05) is 26.2 Å². The summed E-state index contributed by atoms with van der Waals surface area (Å²) >= 11 is 0. The van der Waals surface area contributed by atoms with Crippen molar-refractivity contribution in [3.05, 3.63) is 29.9 Å². The first-order valence-electron chi connectivity index (χ1n) is 7.24. The number of nitrogens with zero attached hydrogens (tertiary/aromatic N) is 2. The van der Waals surface area contributed by atoms with Crippen LogP contribution in [-0.4, -0.2) is 36.1 Å². The summed E-state index contributed by atoms with van der Waals surface area (Å²) in [5.41, 5.74) is 6.83. The van der Waals surface area contributed by atoms with Crippen LogP contribution in [-0.2, 0) is 0 Å². The van der Waals surface area contributed by atoms with Crippen LogP contribution < -0.4 is 5.73 Å². The Morgan fingerprint density at radius 1 is 1.35 bits per heavy atom. The molecule has 1 fully saturated rings. The molecule has 0 atom stereocenters. The van der Waals surface area contributed by atoms with Crippen molar-refractivity contribution in [2.45, 2.75) is 25.2 Å². The Balaban J connectivity index is 1.67. The zero-order chi connectivity index (χ0) is 13.9. The molecule has 1 aromatic heterocycles. The number of oxazole rings is 1. The van der Waals surface area contributed by atoms with E-state index in [9.17, 15) is 4.39 Å². The zero-order valence-electron chi connectivity index (χ0n) is 11.5. The minimum Gasteiger partial charge on any atom is -0.440 e. The van der Waals surface area contributed by atoms with E-state index < -0.39 is 0 Å². The molecule has 0 bridgehead atoms. The van der Waals surface area contributed by atoms with E-state index in [1.54, 1.807) is 6.07 Å². The van der Waals surface area contributed by atoms with Gasteiger partial charge in [0.25, 0.3) is 0 Å². The first kappa shape index (κ1) is 13.5. The maximum atomic E-state index is 13.2.